The van der Waals surface area contributed by atoms with Gasteiger partial charge in [-0.3, -0.25) is 4.90 Å². The highest BCUT2D eigenvalue weighted by molar-refractivity contribution is 7.89. The predicted molar refractivity (Wildman–Crippen MR) is 107 cm³/mol. The summed E-state index contributed by atoms with van der Waals surface area (Å²) in [6.45, 7) is 11.2. The largest absolute Gasteiger partial charge is 0.355 e. The minimum absolute atomic E-state index is 0.319. The number of likely N-dealkylation sites (N-methyl/N-ethyl adjacent to an activating group) is 1. The fourth-order valence-electron chi connectivity index (χ4n) is 4.48. The number of sulfonamides is 1. The van der Waals surface area contributed by atoms with E-state index in [0.717, 1.165) is 70.9 Å². The van der Waals surface area contributed by atoms with Crippen LogP contribution in [-0.4, -0.2) is 92.5 Å². The summed E-state index contributed by atoms with van der Waals surface area (Å²) in [4.78, 5) is 12.2. The van der Waals surface area contributed by atoms with E-state index in [1.807, 2.05) is 6.07 Å². The van der Waals surface area contributed by atoms with Gasteiger partial charge in [0.2, 0.25) is 10.0 Å². The van der Waals surface area contributed by atoms with Crippen molar-refractivity contribution in [3.63, 3.8) is 0 Å². The molecule has 150 valence electrons. The molecule has 1 atom stereocenters. The van der Waals surface area contributed by atoms with Crippen molar-refractivity contribution in [2.24, 2.45) is 0 Å². The quantitative estimate of drug-likeness (QED) is 0.746. The summed E-state index contributed by atoms with van der Waals surface area (Å²) in [6.07, 6.45) is 4.59. The standard InChI is InChI=1S/C19H31N5O2S/c1-2-21-11-13-22(14-12-21)17-7-10-23(16-17)19-6-5-18(15-20-19)27(25,26)24-8-3-4-9-24/h5-6,15,17H,2-4,7-14,16H2,1H3. The Labute approximate surface area is 163 Å². The van der Waals surface area contributed by atoms with Crippen LogP contribution in [0.15, 0.2) is 23.2 Å². The summed E-state index contributed by atoms with van der Waals surface area (Å²) in [5.41, 5.74) is 0. The van der Waals surface area contributed by atoms with E-state index < -0.39 is 10.0 Å². The number of nitrogens with zero attached hydrogens (tertiary/aromatic N) is 5. The van der Waals surface area contributed by atoms with Crippen LogP contribution in [0.25, 0.3) is 0 Å². The average Bonchev–Trinajstić information content (AvgIpc) is 3.41. The lowest BCUT2D eigenvalue weighted by atomic mass is 10.2. The van der Waals surface area contributed by atoms with Crippen LogP contribution in [0, 0.1) is 0 Å². The van der Waals surface area contributed by atoms with Crippen molar-refractivity contribution in [2.75, 3.05) is 63.8 Å². The highest BCUT2D eigenvalue weighted by atomic mass is 32.2. The van der Waals surface area contributed by atoms with E-state index in [1.54, 1.807) is 10.4 Å². The third-order valence-corrected chi connectivity index (χ3v) is 8.16. The number of hydrogen-bond acceptors (Lipinski definition) is 6. The van der Waals surface area contributed by atoms with Crippen LogP contribution in [0.5, 0.6) is 0 Å². The van der Waals surface area contributed by atoms with Gasteiger partial charge in [-0.05, 0) is 37.9 Å². The maximum absolute atomic E-state index is 12.6. The normalized spacial score (nSPS) is 26.1. The Kier molecular flexibility index (Phi) is 5.68. The predicted octanol–water partition coefficient (Wildman–Crippen LogP) is 1.08. The number of anilines is 1. The number of hydrogen-bond donors (Lipinski definition) is 0. The number of rotatable bonds is 5. The summed E-state index contributed by atoms with van der Waals surface area (Å²) >= 11 is 0. The van der Waals surface area contributed by atoms with Gasteiger partial charge in [0, 0.05) is 64.6 Å². The molecule has 3 saturated heterocycles. The minimum Gasteiger partial charge on any atom is -0.355 e. The molecule has 0 aromatic carbocycles. The SMILES string of the molecule is CCN1CCN(C2CCN(c3ccc(S(=O)(=O)N4CCCC4)cn3)C2)CC1. The molecule has 4 heterocycles. The number of aromatic nitrogens is 1. The van der Waals surface area contributed by atoms with E-state index >= 15 is 0 Å². The van der Waals surface area contributed by atoms with Crippen LogP contribution in [0.4, 0.5) is 5.82 Å². The van der Waals surface area contributed by atoms with Crippen LogP contribution in [-0.2, 0) is 10.0 Å². The molecule has 1 unspecified atom stereocenters. The Morgan fingerprint density at radius 2 is 1.78 bits per heavy atom. The van der Waals surface area contributed by atoms with Gasteiger partial charge in [-0.2, -0.15) is 4.31 Å². The molecule has 7 nitrogen and oxygen atoms in total. The van der Waals surface area contributed by atoms with E-state index in [4.69, 9.17) is 0 Å². The second kappa shape index (κ2) is 8.03. The van der Waals surface area contributed by atoms with Gasteiger partial charge in [0.1, 0.15) is 10.7 Å². The Morgan fingerprint density at radius 3 is 2.41 bits per heavy atom. The molecule has 0 amide bonds. The van der Waals surface area contributed by atoms with E-state index in [-0.39, 0.29) is 0 Å². The van der Waals surface area contributed by atoms with Crippen molar-refractivity contribution in [3.8, 4) is 0 Å². The van der Waals surface area contributed by atoms with Gasteiger partial charge in [-0.1, -0.05) is 6.92 Å². The second-order valence-corrected chi connectivity index (χ2v) is 9.76. The maximum Gasteiger partial charge on any atom is 0.244 e. The van der Waals surface area contributed by atoms with Gasteiger partial charge in [-0.15, -0.1) is 0 Å². The van der Waals surface area contributed by atoms with Crippen LogP contribution in [0.3, 0.4) is 0 Å². The summed E-state index contributed by atoms with van der Waals surface area (Å²) in [6, 6.07) is 4.18. The van der Waals surface area contributed by atoms with Crippen molar-refractivity contribution in [1.29, 1.82) is 0 Å². The fourth-order valence-corrected chi connectivity index (χ4v) is 5.95. The first-order valence-corrected chi connectivity index (χ1v) is 11.7. The van der Waals surface area contributed by atoms with Crippen molar-refractivity contribution < 1.29 is 8.42 Å². The van der Waals surface area contributed by atoms with Gasteiger partial charge in [0.25, 0.3) is 0 Å². The third kappa shape index (κ3) is 3.99. The molecule has 0 N–H and O–H groups in total. The van der Waals surface area contributed by atoms with Gasteiger partial charge in [0.05, 0.1) is 0 Å². The van der Waals surface area contributed by atoms with Crippen molar-refractivity contribution in [1.82, 2.24) is 19.1 Å². The second-order valence-electron chi connectivity index (χ2n) is 7.82. The van der Waals surface area contributed by atoms with E-state index in [9.17, 15) is 8.42 Å². The average molecular weight is 394 g/mol. The van der Waals surface area contributed by atoms with E-state index in [2.05, 4.69) is 26.6 Å². The van der Waals surface area contributed by atoms with Crippen LogP contribution in [0.2, 0.25) is 0 Å². The first-order valence-electron chi connectivity index (χ1n) is 10.3. The van der Waals surface area contributed by atoms with Gasteiger partial charge >= 0.3 is 0 Å². The summed E-state index contributed by atoms with van der Waals surface area (Å²) in [5, 5.41) is 0. The van der Waals surface area contributed by atoms with Crippen LogP contribution in [0.1, 0.15) is 26.2 Å². The molecule has 3 aliphatic rings. The van der Waals surface area contributed by atoms with E-state index in [0.29, 0.717) is 24.0 Å². The minimum atomic E-state index is -3.38. The molecule has 0 radical (unpaired) electrons. The third-order valence-electron chi connectivity index (χ3n) is 6.28. The number of pyridine rings is 1. The summed E-state index contributed by atoms with van der Waals surface area (Å²) < 4.78 is 26.9. The molecule has 4 rings (SSSR count). The van der Waals surface area contributed by atoms with Crippen LogP contribution < -0.4 is 4.90 Å². The molecule has 27 heavy (non-hydrogen) atoms. The Balaban J connectivity index is 1.37. The first kappa shape index (κ1) is 19.1. The zero-order valence-corrected chi connectivity index (χ0v) is 17.1. The zero-order chi connectivity index (χ0) is 18.9. The van der Waals surface area contributed by atoms with Gasteiger partial charge < -0.3 is 9.80 Å². The molecule has 0 bridgehead atoms. The fraction of sp³-hybridized carbons (Fsp3) is 0.737. The molecule has 3 fully saturated rings. The molecule has 1 aromatic rings. The van der Waals surface area contributed by atoms with Crippen molar-refractivity contribution in [3.05, 3.63) is 18.3 Å². The first-order chi connectivity index (χ1) is 13.1. The zero-order valence-electron chi connectivity index (χ0n) is 16.3. The van der Waals surface area contributed by atoms with Crippen LogP contribution >= 0.6 is 0 Å². The lowest BCUT2D eigenvalue weighted by Gasteiger charge is -2.37. The Bertz CT molecular complexity index is 725. The molecule has 0 saturated carbocycles. The highest BCUT2D eigenvalue weighted by Crippen LogP contribution is 2.25. The molecule has 0 aliphatic carbocycles. The molecular weight excluding hydrogens is 362 g/mol. The molecule has 8 heteroatoms. The van der Waals surface area contributed by atoms with Crippen molar-refractivity contribution >= 4 is 15.8 Å². The summed E-state index contributed by atoms with van der Waals surface area (Å²) in [5.74, 6) is 0.894. The molecule has 3 aliphatic heterocycles. The lowest BCUT2D eigenvalue weighted by molar-refractivity contribution is 0.107. The molecule has 0 spiro atoms. The molecule has 1 aromatic heterocycles. The Morgan fingerprint density at radius 1 is 1.04 bits per heavy atom. The monoisotopic (exact) mass is 393 g/mol. The summed E-state index contributed by atoms with van der Waals surface area (Å²) in [7, 11) is -3.38. The van der Waals surface area contributed by atoms with Crippen molar-refractivity contribution in [2.45, 2.75) is 37.1 Å². The molecular formula is C19H31N5O2S. The highest BCUT2D eigenvalue weighted by Gasteiger charge is 2.31. The maximum atomic E-state index is 12.6. The lowest BCUT2D eigenvalue weighted by Crippen LogP contribution is -2.50. The number of piperazine rings is 1. The van der Waals surface area contributed by atoms with Gasteiger partial charge in [0.15, 0.2) is 0 Å². The van der Waals surface area contributed by atoms with E-state index in [1.165, 1.54) is 6.20 Å². The smallest absolute Gasteiger partial charge is 0.244 e. The van der Waals surface area contributed by atoms with Gasteiger partial charge in [-0.25, -0.2) is 13.4 Å². The topological polar surface area (TPSA) is 60.0 Å². The Hall–Kier alpha value is -1.22.